The maximum atomic E-state index is 13.4. The lowest BCUT2D eigenvalue weighted by Crippen LogP contribution is -2.58. The number of nitrogens with zero attached hydrogens (tertiary/aromatic N) is 2. The zero-order valence-electron chi connectivity index (χ0n) is 23.2. The van der Waals surface area contributed by atoms with E-state index in [1.54, 1.807) is 68.7 Å². The molecule has 1 aliphatic rings. The number of hydrogen-bond acceptors (Lipinski definition) is 7. The van der Waals surface area contributed by atoms with Crippen molar-refractivity contribution in [3.05, 3.63) is 71.8 Å². The summed E-state index contributed by atoms with van der Waals surface area (Å²) in [6, 6.07) is 14.5. The zero-order valence-corrected chi connectivity index (χ0v) is 23.2. The number of carbonyl (C=O) groups excluding carboxylic acids is 5. The van der Waals surface area contributed by atoms with Gasteiger partial charge in [-0.25, -0.2) is 4.79 Å². The van der Waals surface area contributed by atoms with Gasteiger partial charge in [0.1, 0.15) is 18.7 Å². The van der Waals surface area contributed by atoms with Gasteiger partial charge in [-0.2, -0.15) is 0 Å². The van der Waals surface area contributed by atoms with Crippen LogP contribution in [0.25, 0.3) is 0 Å². The van der Waals surface area contributed by atoms with Crippen molar-refractivity contribution in [3.8, 4) is 0 Å². The molecular weight excluding hydrogens is 530 g/mol. The Morgan fingerprint density at radius 1 is 1.00 bits per heavy atom. The molecule has 12 heteroatoms. The number of rotatable bonds is 12. The number of ether oxygens (including phenoxy) is 1. The molecule has 12 nitrogen and oxygen atoms in total. The van der Waals surface area contributed by atoms with Crippen LogP contribution < -0.4 is 16.4 Å². The van der Waals surface area contributed by atoms with Gasteiger partial charge in [0.15, 0.2) is 6.10 Å². The monoisotopic (exact) mass is 567 g/mol. The van der Waals surface area contributed by atoms with Crippen LogP contribution in [-0.4, -0.2) is 89.5 Å². The molecule has 1 saturated heterocycles. The predicted octanol–water partition coefficient (Wildman–Crippen LogP) is 0.324. The number of hydrogen-bond donors (Lipinski definition) is 4. The van der Waals surface area contributed by atoms with Crippen molar-refractivity contribution < 1.29 is 33.8 Å². The van der Waals surface area contributed by atoms with E-state index in [1.165, 1.54) is 9.80 Å². The van der Waals surface area contributed by atoms with Crippen LogP contribution in [0, 0.1) is 0 Å². The molecule has 5 N–H and O–H groups in total. The molecule has 0 aromatic heterocycles. The Balaban J connectivity index is 1.76. The third-order valence-corrected chi connectivity index (χ3v) is 6.75. The first kappa shape index (κ1) is 31.1. The van der Waals surface area contributed by atoms with Crippen molar-refractivity contribution in [2.45, 2.75) is 56.5 Å². The van der Waals surface area contributed by atoms with Crippen molar-refractivity contribution in [1.29, 1.82) is 0 Å². The predicted molar refractivity (Wildman–Crippen MR) is 149 cm³/mol. The van der Waals surface area contributed by atoms with E-state index >= 15 is 0 Å². The van der Waals surface area contributed by atoms with Gasteiger partial charge in [0.2, 0.25) is 17.7 Å². The first-order valence-electron chi connectivity index (χ1n) is 13.4. The highest BCUT2D eigenvalue weighted by Gasteiger charge is 2.40. The van der Waals surface area contributed by atoms with Crippen LogP contribution in [0.15, 0.2) is 60.7 Å². The van der Waals surface area contributed by atoms with Crippen molar-refractivity contribution in [2.24, 2.45) is 5.73 Å². The highest BCUT2D eigenvalue weighted by molar-refractivity contribution is 5.92. The largest absolute Gasteiger partial charge is 0.445 e. The van der Waals surface area contributed by atoms with E-state index in [0.29, 0.717) is 18.4 Å². The van der Waals surface area contributed by atoms with Crippen LogP contribution in [0.2, 0.25) is 0 Å². The minimum absolute atomic E-state index is 0.0569. The molecule has 0 bridgehead atoms. The van der Waals surface area contributed by atoms with E-state index < -0.39 is 54.5 Å². The second kappa shape index (κ2) is 14.8. The van der Waals surface area contributed by atoms with E-state index in [4.69, 9.17) is 10.5 Å². The first-order valence-corrected chi connectivity index (χ1v) is 13.4. The van der Waals surface area contributed by atoms with Crippen molar-refractivity contribution in [3.63, 3.8) is 0 Å². The van der Waals surface area contributed by atoms with Crippen LogP contribution >= 0.6 is 0 Å². The molecule has 1 fully saturated rings. The number of likely N-dealkylation sites (tertiary alicyclic amines) is 1. The highest BCUT2D eigenvalue weighted by atomic mass is 16.5. The van der Waals surface area contributed by atoms with Gasteiger partial charge < -0.3 is 36.0 Å². The van der Waals surface area contributed by atoms with Gasteiger partial charge >= 0.3 is 6.09 Å². The Kier molecular flexibility index (Phi) is 11.2. The third kappa shape index (κ3) is 9.04. The van der Waals surface area contributed by atoms with Crippen LogP contribution in [0.1, 0.15) is 30.4 Å². The Bertz CT molecular complexity index is 1210. The smallest absolute Gasteiger partial charge is 0.408 e. The van der Waals surface area contributed by atoms with Gasteiger partial charge in [-0.15, -0.1) is 0 Å². The normalized spacial score (nSPS) is 16.7. The number of benzene rings is 2. The fraction of sp³-hybridized carbons (Fsp3) is 0.414. The van der Waals surface area contributed by atoms with Crippen molar-refractivity contribution in [2.75, 3.05) is 20.6 Å². The van der Waals surface area contributed by atoms with Crippen molar-refractivity contribution >= 4 is 29.7 Å². The Labute approximate surface area is 238 Å². The maximum Gasteiger partial charge on any atom is 0.408 e. The van der Waals surface area contributed by atoms with Gasteiger partial charge in [-0.05, 0) is 30.4 Å². The summed E-state index contributed by atoms with van der Waals surface area (Å²) in [6.07, 6.45) is -2.10. The van der Waals surface area contributed by atoms with E-state index in [1.807, 2.05) is 6.07 Å². The first-order chi connectivity index (χ1) is 19.6. The second-order valence-corrected chi connectivity index (χ2v) is 10.1. The number of nitrogens with two attached hydrogens (primary N) is 1. The summed E-state index contributed by atoms with van der Waals surface area (Å²) in [6.45, 7) is 0.218. The molecule has 0 saturated carbocycles. The lowest BCUT2D eigenvalue weighted by atomic mass is 9.99. The van der Waals surface area contributed by atoms with Crippen molar-refractivity contribution in [1.82, 2.24) is 20.4 Å². The minimum Gasteiger partial charge on any atom is -0.445 e. The molecule has 0 spiro atoms. The van der Waals surface area contributed by atoms with E-state index in [-0.39, 0.29) is 25.5 Å². The number of primary amides is 1. The third-order valence-electron chi connectivity index (χ3n) is 6.75. The summed E-state index contributed by atoms with van der Waals surface area (Å²) in [5, 5.41) is 16.2. The van der Waals surface area contributed by atoms with Gasteiger partial charge in [-0.3, -0.25) is 19.2 Å². The Morgan fingerprint density at radius 3 is 2.20 bits per heavy atom. The fourth-order valence-electron chi connectivity index (χ4n) is 4.64. The number of aliphatic hydroxyl groups is 1. The molecule has 2 aromatic carbocycles. The zero-order chi connectivity index (χ0) is 29.9. The summed E-state index contributed by atoms with van der Waals surface area (Å²) in [4.78, 5) is 66.3. The number of amides is 5. The van der Waals surface area contributed by atoms with Crippen LogP contribution in [-0.2, 0) is 36.9 Å². The lowest BCUT2D eigenvalue weighted by Gasteiger charge is -2.32. The summed E-state index contributed by atoms with van der Waals surface area (Å²) in [7, 11) is 3.18. The Hall–Kier alpha value is -4.45. The molecule has 41 heavy (non-hydrogen) atoms. The van der Waals surface area contributed by atoms with E-state index in [2.05, 4.69) is 10.6 Å². The number of carbonyl (C=O) groups is 5. The molecule has 0 radical (unpaired) electrons. The summed E-state index contributed by atoms with van der Waals surface area (Å²) in [5.41, 5.74) is 6.76. The standard InChI is InChI=1S/C29H37N5O7/c1-33(2)27(38)23-14-9-15-34(23)28(39)25(36)21(16-19-10-5-3-6-11-19)31-26(37)22(17-24(30)35)32-29(40)41-18-20-12-7-4-8-13-20/h3-8,10-13,21-23,25,36H,9,14-18H2,1-2H3,(H2,30,35)(H,31,37)(H,32,40)/t21-,22-,23-,25-/m0/s1. The van der Waals surface area contributed by atoms with E-state index in [9.17, 15) is 29.1 Å². The summed E-state index contributed by atoms with van der Waals surface area (Å²) < 4.78 is 5.17. The quantitative estimate of drug-likeness (QED) is 0.286. The summed E-state index contributed by atoms with van der Waals surface area (Å²) in [5.74, 6) is -2.65. The molecule has 0 unspecified atom stereocenters. The number of alkyl carbamates (subject to hydrolysis) is 1. The van der Waals surface area contributed by atoms with Crippen LogP contribution in [0.3, 0.4) is 0 Å². The average molecular weight is 568 g/mol. The Morgan fingerprint density at radius 2 is 1.61 bits per heavy atom. The fourth-order valence-corrected chi connectivity index (χ4v) is 4.64. The molecule has 1 heterocycles. The van der Waals surface area contributed by atoms with Gasteiger partial charge in [0.25, 0.3) is 5.91 Å². The molecule has 0 aliphatic carbocycles. The highest BCUT2D eigenvalue weighted by Crippen LogP contribution is 2.21. The van der Waals surface area contributed by atoms with Gasteiger partial charge in [0, 0.05) is 20.6 Å². The SMILES string of the molecule is CN(C)C(=O)[C@@H]1CCCN1C(=O)[C@@H](O)[C@H](Cc1ccccc1)NC(=O)[C@H](CC(N)=O)NC(=O)OCc1ccccc1. The number of aliphatic hydroxyl groups excluding tert-OH is 1. The number of nitrogens with one attached hydrogen (secondary N) is 2. The minimum atomic E-state index is -1.71. The molecule has 220 valence electrons. The van der Waals surface area contributed by atoms with Gasteiger partial charge in [0.05, 0.1) is 12.5 Å². The molecule has 4 atom stereocenters. The molecular formula is C29H37N5O7. The molecule has 1 aliphatic heterocycles. The van der Waals surface area contributed by atoms with Crippen LogP contribution in [0.5, 0.6) is 0 Å². The lowest BCUT2D eigenvalue weighted by molar-refractivity contribution is -0.149. The molecule has 2 aromatic rings. The molecule has 5 amide bonds. The van der Waals surface area contributed by atoms with Crippen LogP contribution in [0.4, 0.5) is 4.79 Å². The maximum absolute atomic E-state index is 13.4. The van der Waals surface area contributed by atoms with Gasteiger partial charge in [-0.1, -0.05) is 60.7 Å². The number of likely N-dealkylation sites (N-methyl/N-ethyl adjacent to an activating group) is 1. The summed E-state index contributed by atoms with van der Waals surface area (Å²) >= 11 is 0. The molecule has 3 rings (SSSR count). The van der Waals surface area contributed by atoms with E-state index in [0.717, 1.165) is 5.56 Å². The second-order valence-electron chi connectivity index (χ2n) is 10.1. The topological polar surface area (TPSA) is 171 Å². The average Bonchev–Trinajstić information content (AvgIpc) is 3.45.